The highest BCUT2D eigenvalue weighted by Crippen LogP contribution is 2.24. The molecular weight excluding hydrogens is 320 g/mol. The molecule has 0 unspecified atom stereocenters. The summed E-state index contributed by atoms with van der Waals surface area (Å²) in [5, 5.41) is 23.0. The molecule has 0 radical (unpaired) electrons. The minimum atomic E-state index is -2.76. The molecule has 7 nitrogen and oxygen atoms in total. The van der Waals surface area contributed by atoms with Gasteiger partial charge in [-0.15, -0.1) is 15.3 Å². The molecule has 2 N–H and O–H groups in total. The zero-order valence-corrected chi connectivity index (χ0v) is 12.8. The van der Waals surface area contributed by atoms with Crippen molar-refractivity contribution in [2.45, 2.75) is 13.3 Å². The molecule has 0 amide bonds. The van der Waals surface area contributed by atoms with Gasteiger partial charge in [0.15, 0.2) is 11.5 Å². The Morgan fingerprint density at radius 1 is 1.25 bits per heavy atom. The molecule has 0 aliphatic carbocycles. The zero-order valence-electron chi connectivity index (χ0n) is 12.8. The van der Waals surface area contributed by atoms with Gasteiger partial charge in [0.2, 0.25) is 5.82 Å². The maximum atomic E-state index is 12.9. The first kappa shape index (κ1) is 16.1. The van der Waals surface area contributed by atoms with Crippen molar-refractivity contribution in [3.8, 4) is 5.75 Å². The van der Waals surface area contributed by atoms with E-state index in [1.807, 2.05) is 13.0 Å². The topological polar surface area (TPSA) is 84.6 Å². The highest BCUT2D eigenvalue weighted by Gasteiger charge is 2.17. The van der Waals surface area contributed by atoms with E-state index in [0.29, 0.717) is 11.6 Å². The van der Waals surface area contributed by atoms with Gasteiger partial charge in [-0.1, -0.05) is 0 Å². The van der Waals surface area contributed by atoms with Crippen LogP contribution in [-0.4, -0.2) is 38.1 Å². The lowest BCUT2D eigenvalue weighted by Gasteiger charge is -2.11. The number of nitrogens with one attached hydrogen (secondary N) is 1. The van der Waals surface area contributed by atoms with Gasteiger partial charge in [0.25, 0.3) is 6.43 Å². The molecule has 0 aliphatic rings. The third-order valence-electron chi connectivity index (χ3n) is 3.28. The highest BCUT2D eigenvalue weighted by molar-refractivity contribution is 5.60. The maximum Gasteiger partial charge on any atom is 0.299 e. The fraction of sp³-hybridized carbons (Fsp3) is 0.267. The van der Waals surface area contributed by atoms with Crippen LogP contribution in [-0.2, 0) is 0 Å². The Morgan fingerprint density at radius 2 is 2.08 bits per heavy atom. The predicted octanol–water partition coefficient (Wildman–Crippen LogP) is 2.49. The molecule has 3 aromatic rings. The van der Waals surface area contributed by atoms with E-state index in [1.165, 1.54) is 0 Å². The molecule has 0 saturated carbocycles. The molecule has 0 spiro atoms. The maximum absolute atomic E-state index is 12.9. The van der Waals surface area contributed by atoms with Crippen molar-refractivity contribution in [3.05, 3.63) is 41.7 Å². The van der Waals surface area contributed by atoms with E-state index in [2.05, 4.69) is 20.6 Å². The number of alkyl halides is 2. The van der Waals surface area contributed by atoms with Crippen molar-refractivity contribution in [3.63, 3.8) is 0 Å². The molecular formula is C15H15F2N5O2. The average Bonchev–Trinajstić information content (AvgIpc) is 2.97. The summed E-state index contributed by atoms with van der Waals surface area (Å²) in [5.74, 6) is 0.544. The lowest BCUT2D eigenvalue weighted by Crippen LogP contribution is -2.04. The number of hydrogen-bond acceptors (Lipinski definition) is 6. The van der Waals surface area contributed by atoms with Gasteiger partial charge in [0.05, 0.1) is 6.61 Å². The number of aliphatic hydroxyl groups is 1. The smallest absolute Gasteiger partial charge is 0.299 e. The van der Waals surface area contributed by atoms with Gasteiger partial charge in [-0.25, -0.2) is 8.78 Å². The summed E-state index contributed by atoms with van der Waals surface area (Å²) >= 11 is 0. The summed E-state index contributed by atoms with van der Waals surface area (Å²) in [6.07, 6.45) is -2.76. The Kier molecular flexibility index (Phi) is 4.52. The molecule has 0 atom stereocenters. The number of halogens is 2. The van der Waals surface area contributed by atoms with Gasteiger partial charge < -0.3 is 15.2 Å². The first-order chi connectivity index (χ1) is 11.6. The van der Waals surface area contributed by atoms with Gasteiger partial charge in [0, 0.05) is 5.69 Å². The van der Waals surface area contributed by atoms with E-state index in [1.54, 1.807) is 24.3 Å². The fourth-order valence-electron chi connectivity index (χ4n) is 2.20. The van der Waals surface area contributed by atoms with Gasteiger partial charge >= 0.3 is 0 Å². The zero-order chi connectivity index (χ0) is 17.1. The predicted molar refractivity (Wildman–Crippen MR) is 82.8 cm³/mol. The Labute approximate surface area is 135 Å². The van der Waals surface area contributed by atoms with Crippen LogP contribution in [0.25, 0.3) is 5.65 Å². The van der Waals surface area contributed by atoms with Crippen molar-refractivity contribution in [1.29, 1.82) is 0 Å². The summed E-state index contributed by atoms with van der Waals surface area (Å²) in [5.41, 5.74) is 1.84. The summed E-state index contributed by atoms with van der Waals surface area (Å²) < 4.78 is 32.1. The standard InChI is InChI=1S/C15H15F2N5O2/c1-9-8-10(2-3-11(9)24-7-6-23)18-12-4-5-13-19-20-15(14(16)17)22(13)21-12/h2-5,8,14,23H,6-7H2,1H3,(H,18,21). The number of aromatic nitrogens is 4. The second-order valence-electron chi connectivity index (χ2n) is 5.02. The number of benzene rings is 1. The number of rotatable bonds is 6. The van der Waals surface area contributed by atoms with Crippen molar-refractivity contribution in [2.24, 2.45) is 0 Å². The molecule has 3 rings (SSSR count). The van der Waals surface area contributed by atoms with Gasteiger partial charge in [0.1, 0.15) is 12.4 Å². The van der Waals surface area contributed by atoms with E-state index in [-0.39, 0.29) is 18.9 Å². The van der Waals surface area contributed by atoms with Crippen LogP contribution in [0.2, 0.25) is 0 Å². The van der Waals surface area contributed by atoms with Crippen LogP contribution in [0, 0.1) is 6.92 Å². The number of ether oxygens (including phenoxy) is 1. The number of anilines is 2. The van der Waals surface area contributed by atoms with Crippen molar-refractivity contribution >= 4 is 17.2 Å². The summed E-state index contributed by atoms with van der Waals surface area (Å²) in [6, 6.07) is 8.55. The number of hydrogen-bond donors (Lipinski definition) is 2. The number of aliphatic hydroxyl groups excluding tert-OH is 1. The van der Waals surface area contributed by atoms with Crippen LogP contribution in [0.5, 0.6) is 5.75 Å². The molecule has 24 heavy (non-hydrogen) atoms. The molecule has 0 fully saturated rings. The molecule has 1 aromatic carbocycles. The van der Waals surface area contributed by atoms with Crippen molar-refractivity contribution < 1.29 is 18.6 Å². The number of nitrogens with zero attached hydrogens (tertiary/aromatic N) is 4. The highest BCUT2D eigenvalue weighted by atomic mass is 19.3. The fourth-order valence-corrected chi connectivity index (χ4v) is 2.20. The Balaban J connectivity index is 1.84. The van der Waals surface area contributed by atoms with Crippen LogP contribution in [0.1, 0.15) is 17.8 Å². The quantitative estimate of drug-likeness (QED) is 0.720. The molecule has 0 bridgehead atoms. The van der Waals surface area contributed by atoms with Crippen LogP contribution in [0.15, 0.2) is 30.3 Å². The van der Waals surface area contributed by atoms with E-state index in [4.69, 9.17) is 9.84 Å². The Bertz CT molecular complexity index is 853. The van der Waals surface area contributed by atoms with Gasteiger partial charge in [-0.05, 0) is 42.8 Å². The van der Waals surface area contributed by atoms with E-state index < -0.39 is 12.2 Å². The molecule has 0 saturated heterocycles. The summed E-state index contributed by atoms with van der Waals surface area (Å²) in [7, 11) is 0. The molecule has 2 aromatic heterocycles. The third kappa shape index (κ3) is 3.25. The second-order valence-corrected chi connectivity index (χ2v) is 5.02. The van der Waals surface area contributed by atoms with Crippen LogP contribution in [0.4, 0.5) is 20.3 Å². The summed E-state index contributed by atoms with van der Waals surface area (Å²) in [6.45, 7) is 2.02. The van der Waals surface area contributed by atoms with E-state index in [9.17, 15) is 8.78 Å². The molecule has 0 aliphatic heterocycles. The number of aryl methyl sites for hydroxylation is 1. The van der Waals surface area contributed by atoms with Crippen LogP contribution < -0.4 is 10.1 Å². The van der Waals surface area contributed by atoms with Crippen LogP contribution in [0.3, 0.4) is 0 Å². The summed E-state index contributed by atoms with van der Waals surface area (Å²) in [4.78, 5) is 0. The SMILES string of the molecule is Cc1cc(Nc2ccc3nnc(C(F)F)n3n2)ccc1OCCO. The molecule has 9 heteroatoms. The van der Waals surface area contributed by atoms with E-state index >= 15 is 0 Å². The van der Waals surface area contributed by atoms with Gasteiger partial charge in [-0.2, -0.15) is 4.52 Å². The van der Waals surface area contributed by atoms with Gasteiger partial charge in [-0.3, -0.25) is 0 Å². The lowest BCUT2D eigenvalue weighted by atomic mass is 10.2. The monoisotopic (exact) mass is 335 g/mol. The van der Waals surface area contributed by atoms with E-state index in [0.717, 1.165) is 15.8 Å². The first-order valence-corrected chi connectivity index (χ1v) is 7.20. The minimum absolute atomic E-state index is 0.0607. The minimum Gasteiger partial charge on any atom is -0.491 e. The number of fused-ring (bicyclic) bond motifs is 1. The lowest BCUT2D eigenvalue weighted by molar-refractivity contribution is 0.137. The first-order valence-electron chi connectivity index (χ1n) is 7.20. The van der Waals surface area contributed by atoms with Crippen molar-refractivity contribution in [1.82, 2.24) is 19.8 Å². The normalized spacial score (nSPS) is 11.2. The average molecular weight is 335 g/mol. The van der Waals surface area contributed by atoms with Crippen molar-refractivity contribution in [2.75, 3.05) is 18.5 Å². The molecule has 2 heterocycles. The molecule has 126 valence electrons. The largest absolute Gasteiger partial charge is 0.491 e. The Hall–Kier alpha value is -2.81. The third-order valence-corrected chi connectivity index (χ3v) is 3.28. The second kappa shape index (κ2) is 6.75. The Morgan fingerprint density at radius 3 is 2.79 bits per heavy atom. The van der Waals surface area contributed by atoms with Crippen LogP contribution >= 0.6 is 0 Å².